The maximum absolute atomic E-state index is 12.8. The molecule has 0 saturated heterocycles. The minimum Gasteiger partial charge on any atom is -0.496 e. The summed E-state index contributed by atoms with van der Waals surface area (Å²) in [5.74, 6) is 2.13. The molecule has 0 aliphatic heterocycles. The van der Waals surface area contributed by atoms with E-state index < -0.39 is 0 Å². The molecule has 0 saturated carbocycles. The number of benzene rings is 2. The van der Waals surface area contributed by atoms with Crippen molar-refractivity contribution < 1.29 is 14.3 Å². The summed E-state index contributed by atoms with van der Waals surface area (Å²) in [5, 5.41) is 6.14. The van der Waals surface area contributed by atoms with E-state index in [0.29, 0.717) is 24.3 Å². The van der Waals surface area contributed by atoms with Gasteiger partial charge in [-0.3, -0.25) is 4.79 Å². The summed E-state index contributed by atoms with van der Waals surface area (Å²) in [7, 11) is 1.64. The fourth-order valence-electron chi connectivity index (χ4n) is 3.26. The Kier molecular flexibility index (Phi) is 7.12. The SMILES string of the molecule is COc1ccccc1CCNC(=O)c1cccnc1Oc1ccc(Nc2ccccn2)cc1. The van der Waals surface area contributed by atoms with Gasteiger partial charge >= 0.3 is 0 Å². The van der Waals surface area contributed by atoms with Crippen LogP contribution in [0, 0.1) is 0 Å². The van der Waals surface area contributed by atoms with E-state index in [4.69, 9.17) is 9.47 Å². The molecule has 7 nitrogen and oxygen atoms in total. The van der Waals surface area contributed by atoms with Gasteiger partial charge in [0.15, 0.2) is 0 Å². The van der Waals surface area contributed by atoms with Crippen LogP contribution < -0.4 is 20.1 Å². The molecule has 2 aromatic carbocycles. The lowest BCUT2D eigenvalue weighted by atomic mass is 10.1. The highest BCUT2D eigenvalue weighted by molar-refractivity contribution is 5.96. The average molecular weight is 441 g/mol. The molecule has 0 bridgehead atoms. The summed E-state index contributed by atoms with van der Waals surface area (Å²) in [6.07, 6.45) is 3.97. The molecule has 0 radical (unpaired) electrons. The smallest absolute Gasteiger partial charge is 0.256 e. The zero-order valence-corrected chi connectivity index (χ0v) is 18.2. The zero-order valence-electron chi connectivity index (χ0n) is 18.2. The molecule has 0 fully saturated rings. The molecular formula is C26H24N4O3. The van der Waals surface area contributed by atoms with E-state index in [9.17, 15) is 4.79 Å². The number of carbonyl (C=O) groups excluding carboxylic acids is 1. The standard InChI is InChI=1S/C26H24N4O3/c1-32-23-9-3-2-7-19(23)15-18-28-25(31)22-8-6-17-29-26(22)33-21-13-11-20(12-14-21)30-24-10-4-5-16-27-24/h2-14,16-17H,15,18H2,1H3,(H,27,30)(H,28,31). The molecule has 2 N–H and O–H groups in total. The molecule has 2 aromatic heterocycles. The highest BCUT2D eigenvalue weighted by atomic mass is 16.5. The van der Waals surface area contributed by atoms with Gasteiger partial charge < -0.3 is 20.1 Å². The van der Waals surface area contributed by atoms with Crippen LogP contribution in [0.15, 0.2) is 91.3 Å². The number of aromatic nitrogens is 2. The Morgan fingerprint density at radius 1 is 0.879 bits per heavy atom. The second-order valence-electron chi connectivity index (χ2n) is 7.14. The van der Waals surface area contributed by atoms with Crippen LogP contribution in [0.2, 0.25) is 0 Å². The predicted octanol–water partition coefficient (Wildman–Crippen LogP) is 4.99. The van der Waals surface area contributed by atoms with Crippen molar-refractivity contribution in [1.82, 2.24) is 15.3 Å². The molecule has 4 rings (SSSR count). The number of pyridine rings is 2. The van der Waals surface area contributed by atoms with Gasteiger partial charge in [0.25, 0.3) is 5.91 Å². The van der Waals surface area contributed by atoms with Gasteiger partial charge in [-0.1, -0.05) is 24.3 Å². The van der Waals surface area contributed by atoms with Crippen LogP contribution in [-0.2, 0) is 6.42 Å². The van der Waals surface area contributed by atoms with Gasteiger partial charge in [0.1, 0.15) is 22.9 Å². The molecule has 166 valence electrons. The van der Waals surface area contributed by atoms with Gasteiger partial charge in [-0.05, 0) is 66.6 Å². The Hall–Kier alpha value is -4.39. The fourth-order valence-corrected chi connectivity index (χ4v) is 3.26. The van der Waals surface area contributed by atoms with E-state index in [2.05, 4.69) is 20.6 Å². The van der Waals surface area contributed by atoms with Crippen LogP contribution in [0.1, 0.15) is 15.9 Å². The number of hydrogen-bond donors (Lipinski definition) is 2. The molecule has 0 spiro atoms. The molecule has 0 atom stereocenters. The van der Waals surface area contributed by atoms with E-state index in [1.807, 2.05) is 66.7 Å². The first-order valence-corrected chi connectivity index (χ1v) is 10.5. The van der Waals surface area contributed by atoms with Gasteiger partial charge in [0, 0.05) is 24.6 Å². The van der Waals surface area contributed by atoms with Crippen LogP contribution in [0.4, 0.5) is 11.5 Å². The number of rotatable bonds is 9. The summed E-state index contributed by atoms with van der Waals surface area (Å²) in [5.41, 5.74) is 2.27. The summed E-state index contributed by atoms with van der Waals surface area (Å²) in [6, 6.07) is 24.2. The lowest BCUT2D eigenvalue weighted by Gasteiger charge is -2.12. The van der Waals surface area contributed by atoms with Crippen molar-refractivity contribution in [2.24, 2.45) is 0 Å². The van der Waals surface area contributed by atoms with E-state index in [1.54, 1.807) is 31.6 Å². The third-order valence-electron chi connectivity index (χ3n) is 4.89. The molecule has 7 heteroatoms. The van der Waals surface area contributed by atoms with Gasteiger partial charge in [0.2, 0.25) is 5.88 Å². The number of carbonyl (C=O) groups is 1. The van der Waals surface area contributed by atoms with Crippen molar-refractivity contribution in [2.75, 3.05) is 19.0 Å². The quantitative estimate of drug-likeness (QED) is 0.381. The highest BCUT2D eigenvalue weighted by Crippen LogP contribution is 2.25. The molecule has 1 amide bonds. The van der Waals surface area contributed by atoms with Crippen molar-refractivity contribution >= 4 is 17.4 Å². The van der Waals surface area contributed by atoms with Gasteiger partial charge in [-0.25, -0.2) is 9.97 Å². The van der Waals surface area contributed by atoms with Gasteiger partial charge in [-0.15, -0.1) is 0 Å². The second-order valence-corrected chi connectivity index (χ2v) is 7.14. The van der Waals surface area contributed by atoms with Crippen LogP contribution in [0.5, 0.6) is 17.4 Å². The lowest BCUT2D eigenvalue weighted by Crippen LogP contribution is -2.26. The number of hydrogen-bond acceptors (Lipinski definition) is 6. The van der Waals surface area contributed by atoms with Gasteiger partial charge in [0.05, 0.1) is 7.11 Å². The molecule has 0 unspecified atom stereocenters. The maximum atomic E-state index is 12.8. The van der Waals surface area contributed by atoms with E-state index in [1.165, 1.54) is 0 Å². The highest BCUT2D eigenvalue weighted by Gasteiger charge is 2.14. The first-order chi connectivity index (χ1) is 16.2. The van der Waals surface area contributed by atoms with E-state index in [-0.39, 0.29) is 11.8 Å². The molecule has 0 aliphatic carbocycles. The monoisotopic (exact) mass is 440 g/mol. The molecule has 4 aromatic rings. The number of amides is 1. The number of methoxy groups -OCH3 is 1. The zero-order chi connectivity index (χ0) is 22.9. The number of nitrogens with one attached hydrogen (secondary N) is 2. The Morgan fingerprint density at radius 3 is 2.45 bits per heavy atom. The van der Waals surface area contributed by atoms with Crippen LogP contribution >= 0.6 is 0 Å². The Morgan fingerprint density at radius 2 is 1.67 bits per heavy atom. The number of ether oxygens (including phenoxy) is 2. The predicted molar refractivity (Wildman–Crippen MR) is 127 cm³/mol. The average Bonchev–Trinajstić information content (AvgIpc) is 2.86. The van der Waals surface area contributed by atoms with Crippen molar-refractivity contribution in [2.45, 2.75) is 6.42 Å². The number of nitrogens with zero attached hydrogens (tertiary/aromatic N) is 2. The van der Waals surface area contributed by atoms with Crippen molar-refractivity contribution in [3.63, 3.8) is 0 Å². The fraction of sp³-hybridized carbons (Fsp3) is 0.115. The summed E-state index contributed by atoms with van der Waals surface area (Å²) >= 11 is 0. The maximum Gasteiger partial charge on any atom is 0.256 e. The number of anilines is 2. The van der Waals surface area contributed by atoms with Crippen molar-refractivity contribution in [1.29, 1.82) is 0 Å². The van der Waals surface area contributed by atoms with E-state index >= 15 is 0 Å². The third-order valence-corrected chi connectivity index (χ3v) is 4.89. The topological polar surface area (TPSA) is 85.4 Å². The van der Waals surface area contributed by atoms with Gasteiger partial charge in [-0.2, -0.15) is 0 Å². The van der Waals surface area contributed by atoms with Crippen molar-refractivity contribution in [3.05, 3.63) is 102 Å². The minimum atomic E-state index is -0.249. The summed E-state index contributed by atoms with van der Waals surface area (Å²) in [6.45, 7) is 0.460. The summed E-state index contributed by atoms with van der Waals surface area (Å²) in [4.78, 5) is 21.3. The first-order valence-electron chi connectivity index (χ1n) is 10.5. The van der Waals surface area contributed by atoms with Crippen LogP contribution in [-0.4, -0.2) is 29.5 Å². The number of para-hydroxylation sites is 1. The minimum absolute atomic E-state index is 0.248. The second kappa shape index (κ2) is 10.8. The van der Waals surface area contributed by atoms with Crippen LogP contribution in [0.25, 0.3) is 0 Å². The Bertz CT molecular complexity index is 1200. The normalized spacial score (nSPS) is 10.3. The largest absolute Gasteiger partial charge is 0.496 e. The molecule has 33 heavy (non-hydrogen) atoms. The third kappa shape index (κ3) is 5.86. The molecular weight excluding hydrogens is 416 g/mol. The lowest BCUT2D eigenvalue weighted by molar-refractivity contribution is 0.0951. The molecule has 2 heterocycles. The molecule has 0 aliphatic rings. The Labute approximate surface area is 192 Å². The van der Waals surface area contributed by atoms with E-state index in [0.717, 1.165) is 22.8 Å². The van der Waals surface area contributed by atoms with Crippen molar-refractivity contribution in [3.8, 4) is 17.4 Å². The first kappa shape index (κ1) is 21.8. The van der Waals surface area contributed by atoms with Crippen LogP contribution in [0.3, 0.4) is 0 Å². The Balaban J connectivity index is 1.38. The summed E-state index contributed by atoms with van der Waals surface area (Å²) < 4.78 is 11.3.